The Balaban J connectivity index is 1.35. The van der Waals surface area contributed by atoms with Crippen molar-refractivity contribution in [1.82, 2.24) is 19.8 Å². The molecule has 1 aliphatic heterocycles. The molecule has 0 atom stereocenters. The molecule has 1 aliphatic carbocycles. The summed E-state index contributed by atoms with van der Waals surface area (Å²) in [6, 6.07) is 1.75. The van der Waals surface area contributed by atoms with Gasteiger partial charge < -0.3 is 9.42 Å². The summed E-state index contributed by atoms with van der Waals surface area (Å²) in [7, 11) is 0. The number of amides is 1. The summed E-state index contributed by atoms with van der Waals surface area (Å²) in [5.41, 5.74) is 3.82. The molecule has 0 radical (unpaired) electrons. The number of carbonyl (C=O) groups is 1. The second-order valence-corrected chi connectivity index (χ2v) is 7.49. The highest BCUT2D eigenvalue weighted by Crippen LogP contribution is 2.21. The fourth-order valence-corrected chi connectivity index (χ4v) is 3.88. The van der Waals surface area contributed by atoms with E-state index in [1.54, 1.807) is 10.7 Å². The number of carbonyl (C=O) groups excluding carboxylic acids is 1. The van der Waals surface area contributed by atoms with E-state index in [-0.39, 0.29) is 17.4 Å². The molecule has 0 bridgehead atoms. The van der Waals surface area contributed by atoms with Crippen LogP contribution in [0, 0.1) is 19.8 Å². The van der Waals surface area contributed by atoms with Crippen molar-refractivity contribution in [2.75, 3.05) is 13.1 Å². The Morgan fingerprint density at radius 1 is 1.27 bits per heavy atom. The van der Waals surface area contributed by atoms with E-state index >= 15 is 0 Å². The number of hydrogen-bond donors (Lipinski definition) is 0. The molecule has 7 heteroatoms. The van der Waals surface area contributed by atoms with Crippen molar-refractivity contribution in [3.05, 3.63) is 44.7 Å². The third-order valence-corrected chi connectivity index (χ3v) is 5.52. The summed E-state index contributed by atoms with van der Waals surface area (Å²) < 4.78 is 6.71. The van der Waals surface area contributed by atoms with E-state index < -0.39 is 0 Å². The molecule has 1 amide bonds. The number of rotatable bonds is 4. The minimum atomic E-state index is -0.0221. The van der Waals surface area contributed by atoms with Gasteiger partial charge in [0.15, 0.2) is 0 Å². The Morgan fingerprint density at radius 3 is 2.77 bits per heavy atom. The lowest BCUT2D eigenvalue weighted by molar-refractivity contribution is -0.137. The second kappa shape index (κ2) is 6.70. The quantitative estimate of drug-likeness (QED) is 0.828. The van der Waals surface area contributed by atoms with Crippen molar-refractivity contribution in [1.29, 1.82) is 0 Å². The van der Waals surface area contributed by atoms with Crippen LogP contribution in [-0.4, -0.2) is 38.8 Å². The number of hydrogen-bond acceptors (Lipinski definition) is 5. The topological polar surface area (TPSA) is 81.2 Å². The zero-order valence-electron chi connectivity index (χ0n) is 15.3. The van der Waals surface area contributed by atoms with Gasteiger partial charge in [-0.1, -0.05) is 5.16 Å². The molecule has 4 rings (SSSR count). The monoisotopic (exact) mass is 356 g/mol. The van der Waals surface area contributed by atoms with Crippen LogP contribution in [0.3, 0.4) is 0 Å². The van der Waals surface area contributed by atoms with E-state index in [9.17, 15) is 9.59 Å². The van der Waals surface area contributed by atoms with Crippen LogP contribution >= 0.6 is 0 Å². The van der Waals surface area contributed by atoms with Crippen molar-refractivity contribution in [2.24, 2.45) is 5.92 Å². The largest absolute Gasteiger partial charge is 0.361 e. The van der Waals surface area contributed by atoms with Crippen molar-refractivity contribution in [3.8, 4) is 0 Å². The predicted octanol–water partition coefficient (Wildman–Crippen LogP) is 1.43. The van der Waals surface area contributed by atoms with E-state index in [0.717, 1.165) is 48.2 Å². The van der Waals surface area contributed by atoms with E-state index in [1.165, 1.54) is 0 Å². The fourth-order valence-electron chi connectivity index (χ4n) is 3.88. The maximum atomic E-state index is 12.4. The first-order valence-electron chi connectivity index (χ1n) is 9.30. The van der Waals surface area contributed by atoms with Gasteiger partial charge in [0.05, 0.1) is 24.4 Å². The molecule has 2 aromatic heterocycles. The van der Waals surface area contributed by atoms with Gasteiger partial charge in [0.25, 0.3) is 5.56 Å². The fraction of sp³-hybridized carbons (Fsp3) is 0.579. The molecular formula is C19H24N4O3. The summed E-state index contributed by atoms with van der Waals surface area (Å²) >= 11 is 0. The molecule has 0 saturated carbocycles. The smallest absolute Gasteiger partial charge is 0.267 e. The number of nitrogens with zero attached hydrogens (tertiary/aromatic N) is 4. The van der Waals surface area contributed by atoms with Gasteiger partial charge in [-0.25, -0.2) is 4.68 Å². The highest BCUT2D eigenvalue weighted by Gasteiger charge is 2.32. The zero-order valence-corrected chi connectivity index (χ0v) is 15.3. The molecule has 0 spiro atoms. The molecule has 2 aromatic rings. The first-order chi connectivity index (χ1) is 12.5. The number of likely N-dealkylation sites (tertiary alicyclic amines) is 1. The molecule has 1 saturated heterocycles. The average molecular weight is 356 g/mol. The molecule has 0 aromatic carbocycles. The Morgan fingerprint density at radius 2 is 2.04 bits per heavy atom. The Labute approximate surface area is 152 Å². The minimum absolute atomic E-state index is 0.0221. The Hall–Kier alpha value is -2.44. The lowest BCUT2D eigenvalue weighted by Crippen LogP contribution is -2.52. The van der Waals surface area contributed by atoms with Crippen molar-refractivity contribution in [3.63, 3.8) is 0 Å². The van der Waals surface area contributed by atoms with Gasteiger partial charge in [-0.3, -0.25) is 9.59 Å². The molecular weight excluding hydrogens is 332 g/mol. The van der Waals surface area contributed by atoms with Crippen LogP contribution < -0.4 is 5.56 Å². The Kier molecular flexibility index (Phi) is 4.38. The molecule has 1 fully saturated rings. The minimum Gasteiger partial charge on any atom is -0.361 e. The van der Waals surface area contributed by atoms with Crippen LogP contribution in [0.25, 0.3) is 0 Å². The highest BCUT2D eigenvalue weighted by atomic mass is 16.5. The third-order valence-electron chi connectivity index (χ3n) is 5.52. The van der Waals surface area contributed by atoms with Gasteiger partial charge >= 0.3 is 0 Å². The second-order valence-electron chi connectivity index (χ2n) is 7.49. The number of aromatic nitrogens is 3. The first-order valence-corrected chi connectivity index (χ1v) is 9.30. The average Bonchev–Trinajstić information content (AvgIpc) is 2.89. The van der Waals surface area contributed by atoms with Crippen molar-refractivity contribution in [2.45, 2.75) is 52.5 Å². The third kappa shape index (κ3) is 3.18. The molecule has 7 nitrogen and oxygen atoms in total. The summed E-state index contributed by atoms with van der Waals surface area (Å²) in [5, 5.41) is 8.46. The summed E-state index contributed by atoms with van der Waals surface area (Å²) in [6.45, 7) is 5.62. The van der Waals surface area contributed by atoms with Gasteiger partial charge in [-0.15, -0.1) is 0 Å². The first kappa shape index (κ1) is 17.0. The van der Waals surface area contributed by atoms with Crippen LogP contribution in [-0.2, 0) is 30.6 Å². The highest BCUT2D eigenvalue weighted by molar-refractivity contribution is 5.80. The van der Waals surface area contributed by atoms with Crippen LogP contribution in [0.4, 0.5) is 0 Å². The SMILES string of the molecule is Cc1noc(C)c1CC(=O)N1CC(Cn2nc3c(cc2=O)CCCC3)C1. The summed E-state index contributed by atoms with van der Waals surface area (Å²) in [5.74, 6) is 1.08. The zero-order chi connectivity index (χ0) is 18.3. The molecule has 3 heterocycles. The lowest BCUT2D eigenvalue weighted by atomic mass is 9.96. The van der Waals surface area contributed by atoms with Crippen LogP contribution in [0.2, 0.25) is 0 Å². The van der Waals surface area contributed by atoms with Gasteiger partial charge in [0, 0.05) is 30.6 Å². The van der Waals surface area contributed by atoms with Gasteiger partial charge in [-0.05, 0) is 45.1 Å². The number of aryl methyl sites for hydroxylation is 4. The van der Waals surface area contributed by atoms with E-state index in [0.29, 0.717) is 31.8 Å². The van der Waals surface area contributed by atoms with E-state index in [2.05, 4.69) is 10.3 Å². The molecule has 0 N–H and O–H groups in total. The van der Waals surface area contributed by atoms with Crippen LogP contribution in [0.5, 0.6) is 0 Å². The molecule has 26 heavy (non-hydrogen) atoms. The van der Waals surface area contributed by atoms with E-state index in [1.807, 2.05) is 18.7 Å². The van der Waals surface area contributed by atoms with Crippen LogP contribution in [0.1, 0.15) is 41.1 Å². The lowest BCUT2D eigenvalue weighted by Gasteiger charge is -2.39. The van der Waals surface area contributed by atoms with E-state index in [4.69, 9.17) is 4.52 Å². The maximum Gasteiger partial charge on any atom is 0.267 e. The van der Waals surface area contributed by atoms with Crippen molar-refractivity contribution >= 4 is 5.91 Å². The summed E-state index contributed by atoms with van der Waals surface area (Å²) in [4.78, 5) is 26.5. The molecule has 2 aliphatic rings. The number of fused-ring (bicyclic) bond motifs is 1. The van der Waals surface area contributed by atoms with Gasteiger partial charge in [0.2, 0.25) is 5.91 Å². The maximum absolute atomic E-state index is 12.4. The van der Waals surface area contributed by atoms with Gasteiger partial charge in [-0.2, -0.15) is 5.10 Å². The molecule has 0 unspecified atom stereocenters. The molecule has 138 valence electrons. The van der Waals surface area contributed by atoms with Crippen LogP contribution in [0.15, 0.2) is 15.4 Å². The van der Waals surface area contributed by atoms with Crippen molar-refractivity contribution < 1.29 is 9.32 Å². The van der Waals surface area contributed by atoms with Gasteiger partial charge in [0.1, 0.15) is 5.76 Å². The Bertz CT molecular complexity index is 873. The predicted molar refractivity (Wildman–Crippen MR) is 94.9 cm³/mol. The summed E-state index contributed by atoms with van der Waals surface area (Å²) in [6.07, 6.45) is 4.54. The normalized spacial score (nSPS) is 17.1. The standard InChI is InChI=1S/C19H24N4O3/c1-12-16(13(2)26-21-12)8-18(24)22-9-14(10-22)11-23-19(25)7-15-5-3-4-6-17(15)20-23/h7,14H,3-6,8-11H2,1-2H3.